The zero-order valence-electron chi connectivity index (χ0n) is 17.6. The van der Waals surface area contributed by atoms with Crippen molar-refractivity contribution >= 4 is 75.2 Å². The number of nitrogens with zero attached hydrogens (tertiary/aromatic N) is 3. The maximum absolute atomic E-state index is 12.9. The van der Waals surface area contributed by atoms with Crippen molar-refractivity contribution in [2.45, 2.75) is 13.5 Å². The highest BCUT2D eigenvalue weighted by Crippen LogP contribution is 2.37. The molecule has 34 heavy (non-hydrogen) atoms. The maximum Gasteiger partial charge on any atom is 0.293 e. The van der Waals surface area contributed by atoms with Gasteiger partial charge in [-0.25, -0.2) is 0 Å². The number of hydrogen-bond acceptors (Lipinski definition) is 6. The van der Waals surface area contributed by atoms with E-state index >= 15 is 0 Å². The molecule has 3 aromatic carbocycles. The fourth-order valence-corrected chi connectivity index (χ4v) is 4.62. The number of carbonyl (C=O) groups is 2. The van der Waals surface area contributed by atoms with Gasteiger partial charge in [0.1, 0.15) is 5.75 Å². The van der Waals surface area contributed by atoms with E-state index in [-0.39, 0.29) is 17.2 Å². The van der Waals surface area contributed by atoms with E-state index in [4.69, 9.17) is 34.8 Å². The normalized spacial score (nSPS) is 15.2. The number of aryl methyl sites for hydroxylation is 1. The third-order valence-electron chi connectivity index (χ3n) is 4.99. The van der Waals surface area contributed by atoms with E-state index in [9.17, 15) is 14.7 Å². The van der Waals surface area contributed by atoms with E-state index in [1.165, 1.54) is 12.1 Å². The fourth-order valence-electron chi connectivity index (χ4n) is 3.10. The molecule has 1 aliphatic rings. The second-order valence-electron chi connectivity index (χ2n) is 7.34. The quantitative estimate of drug-likeness (QED) is 0.264. The number of thioether (sulfide) groups is 1. The lowest BCUT2D eigenvalue weighted by Crippen LogP contribution is -2.27. The first-order valence-electron chi connectivity index (χ1n) is 9.92. The predicted molar refractivity (Wildman–Crippen MR) is 136 cm³/mol. The third-order valence-corrected chi connectivity index (χ3v) is 7.01. The molecule has 6 nitrogen and oxygen atoms in total. The van der Waals surface area contributed by atoms with E-state index in [0.29, 0.717) is 37.6 Å². The number of carbonyl (C=O) groups excluding carboxylic acids is 2. The molecule has 0 unspecified atom stereocenters. The Morgan fingerprint density at radius 2 is 1.59 bits per heavy atom. The van der Waals surface area contributed by atoms with Gasteiger partial charge in [0.05, 0.1) is 22.8 Å². The minimum atomic E-state index is -0.508. The molecule has 4 rings (SSSR count). The van der Waals surface area contributed by atoms with Crippen molar-refractivity contribution in [3.8, 4) is 5.75 Å². The van der Waals surface area contributed by atoms with Gasteiger partial charge >= 0.3 is 0 Å². The topological polar surface area (TPSA) is 82.3 Å². The Morgan fingerprint density at radius 1 is 0.941 bits per heavy atom. The number of aromatic hydroxyl groups is 1. The van der Waals surface area contributed by atoms with Gasteiger partial charge in [-0.2, -0.15) is 10.2 Å². The minimum Gasteiger partial charge on any atom is -0.507 e. The Labute approximate surface area is 214 Å². The first-order valence-corrected chi connectivity index (χ1v) is 11.9. The first kappa shape index (κ1) is 24.3. The van der Waals surface area contributed by atoms with Crippen molar-refractivity contribution in [3.05, 3.63) is 91.3 Å². The Balaban J connectivity index is 1.57. The second-order valence-corrected chi connectivity index (χ2v) is 9.56. The molecule has 1 heterocycles. The predicted octanol–water partition coefficient (Wildman–Crippen LogP) is 8.31. The van der Waals surface area contributed by atoms with Crippen molar-refractivity contribution in [2.24, 2.45) is 10.2 Å². The SMILES string of the molecule is Cc1ccc(N=Nc2ccc(O)c(/C=C3\SC(=O)N(Cc4c(Cl)cccc4Cl)C3=O)c2)cc1Cl. The van der Waals surface area contributed by atoms with Gasteiger partial charge in [-0.15, -0.1) is 0 Å². The zero-order chi connectivity index (χ0) is 24.4. The lowest BCUT2D eigenvalue weighted by molar-refractivity contribution is -0.123. The highest BCUT2D eigenvalue weighted by molar-refractivity contribution is 8.18. The van der Waals surface area contributed by atoms with Gasteiger partial charge in [0.15, 0.2) is 0 Å². The molecule has 0 radical (unpaired) electrons. The number of azo groups is 1. The molecule has 1 saturated heterocycles. The van der Waals surface area contributed by atoms with Gasteiger partial charge in [0.25, 0.3) is 11.1 Å². The van der Waals surface area contributed by atoms with E-state index < -0.39 is 11.1 Å². The molecule has 1 N–H and O–H groups in total. The maximum atomic E-state index is 12.9. The van der Waals surface area contributed by atoms with Gasteiger partial charge in [-0.3, -0.25) is 14.5 Å². The monoisotopic (exact) mass is 531 g/mol. The van der Waals surface area contributed by atoms with Crippen molar-refractivity contribution in [1.82, 2.24) is 4.90 Å². The lowest BCUT2D eigenvalue weighted by atomic mass is 10.1. The van der Waals surface area contributed by atoms with Crippen LogP contribution in [0.25, 0.3) is 6.08 Å². The van der Waals surface area contributed by atoms with Crippen LogP contribution in [0.15, 0.2) is 69.7 Å². The van der Waals surface area contributed by atoms with Crippen molar-refractivity contribution < 1.29 is 14.7 Å². The number of amides is 2. The molecule has 0 spiro atoms. The molecule has 172 valence electrons. The highest BCUT2D eigenvalue weighted by atomic mass is 35.5. The highest BCUT2D eigenvalue weighted by Gasteiger charge is 2.36. The summed E-state index contributed by atoms with van der Waals surface area (Å²) in [5.41, 5.74) is 2.75. The van der Waals surface area contributed by atoms with E-state index in [2.05, 4.69) is 10.2 Å². The molecule has 0 bridgehead atoms. The third kappa shape index (κ3) is 5.28. The zero-order valence-corrected chi connectivity index (χ0v) is 20.7. The number of hydrogen-bond donors (Lipinski definition) is 1. The van der Waals surface area contributed by atoms with E-state index in [0.717, 1.165) is 22.2 Å². The standard InChI is InChI=1S/C24H16Cl3N3O3S/c1-13-5-6-16(11-20(13)27)29-28-15-7-8-21(31)14(9-15)10-22-23(32)30(24(33)34-22)12-17-18(25)3-2-4-19(17)26/h2-11,31H,12H2,1H3/b22-10-,29-28?. The molecule has 10 heteroatoms. The Kier molecular flexibility index (Phi) is 7.28. The summed E-state index contributed by atoms with van der Waals surface area (Å²) in [4.78, 5) is 26.6. The molecule has 0 atom stereocenters. The van der Waals surface area contributed by atoms with E-state index in [1.54, 1.807) is 42.5 Å². The number of halogens is 3. The van der Waals surface area contributed by atoms with Crippen LogP contribution in [-0.4, -0.2) is 21.2 Å². The van der Waals surface area contributed by atoms with Crippen molar-refractivity contribution in [1.29, 1.82) is 0 Å². The van der Waals surface area contributed by atoms with Crippen LogP contribution in [0.1, 0.15) is 16.7 Å². The summed E-state index contributed by atoms with van der Waals surface area (Å²) < 4.78 is 0. The summed E-state index contributed by atoms with van der Waals surface area (Å²) in [5.74, 6) is -0.579. The van der Waals surface area contributed by atoms with Crippen molar-refractivity contribution in [3.63, 3.8) is 0 Å². The smallest absolute Gasteiger partial charge is 0.293 e. The van der Waals surface area contributed by atoms with Crippen LogP contribution < -0.4 is 0 Å². The molecule has 0 aromatic heterocycles. The average Bonchev–Trinajstić information content (AvgIpc) is 3.06. The average molecular weight is 533 g/mol. The first-order chi connectivity index (χ1) is 16.2. The Morgan fingerprint density at radius 3 is 2.26 bits per heavy atom. The summed E-state index contributed by atoms with van der Waals surface area (Å²) >= 11 is 19.3. The molecule has 2 amide bonds. The van der Waals surface area contributed by atoms with Gasteiger partial charge in [-0.05, 0) is 72.8 Å². The van der Waals surface area contributed by atoms with Crippen molar-refractivity contribution in [2.75, 3.05) is 0 Å². The summed E-state index contributed by atoms with van der Waals surface area (Å²) in [6.07, 6.45) is 1.44. The molecular weight excluding hydrogens is 517 g/mol. The Hall–Kier alpha value is -2.84. The van der Waals surface area contributed by atoms with Gasteiger partial charge in [0, 0.05) is 26.2 Å². The number of phenolic OH excluding ortho intramolecular Hbond substituents is 1. The number of phenols is 1. The van der Waals surface area contributed by atoms with Crippen LogP contribution in [0.3, 0.4) is 0 Å². The van der Waals surface area contributed by atoms with Crippen LogP contribution in [-0.2, 0) is 11.3 Å². The number of imide groups is 1. The molecule has 3 aromatic rings. The molecule has 0 aliphatic carbocycles. The largest absolute Gasteiger partial charge is 0.507 e. The van der Waals surface area contributed by atoms with Gasteiger partial charge in [0.2, 0.25) is 0 Å². The number of rotatable bonds is 5. The summed E-state index contributed by atoms with van der Waals surface area (Å²) in [7, 11) is 0. The second kappa shape index (κ2) is 10.2. The summed E-state index contributed by atoms with van der Waals surface area (Å²) in [6.45, 7) is 1.83. The van der Waals surface area contributed by atoms with Gasteiger partial charge in [-0.1, -0.05) is 46.9 Å². The summed E-state index contributed by atoms with van der Waals surface area (Å²) in [5, 5.41) is 19.5. The van der Waals surface area contributed by atoms with Crippen LogP contribution in [0.4, 0.5) is 16.2 Å². The fraction of sp³-hybridized carbons (Fsp3) is 0.0833. The Bertz CT molecular complexity index is 1350. The number of benzene rings is 3. The van der Waals surface area contributed by atoms with E-state index in [1.807, 2.05) is 13.0 Å². The van der Waals surface area contributed by atoms with Crippen LogP contribution in [0.5, 0.6) is 5.75 Å². The van der Waals surface area contributed by atoms with Crippen LogP contribution >= 0.6 is 46.6 Å². The minimum absolute atomic E-state index is 0.0557. The molecule has 1 aliphatic heterocycles. The lowest BCUT2D eigenvalue weighted by Gasteiger charge is -2.14. The van der Waals surface area contributed by atoms with Crippen LogP contribution in [0, 0.1) is 6.92 Å². The van der Waals surface area contributed by atoms with Crippen LogP contribution in [0.2, 0.25) is 15.1 Å². The molecular formula is C24H16Cl3N3O3S. The molecule has 1 fully saturated rings. The van der Waals surface area contributed by atoms with Gasteiger partial charge < -0.3 is 5.11 Å². The summed E-state index contributed by atoms with van der Waals surface area (Å²) in [6, 6.07) is 14.9. The molecule has 0 saturated carbocycles.